The van der Waals surface area contributed by atoms with E-state index in [1.54, 1.807) is 30.4 Å². The standard InChI is InChI=1S/C23H28O/c1-7-13-17-19(11-5)22(21(15-9-3)16-10-4)23(24)20(12-6)18-14-8-2/h7-18,22H,1-3H2,4-6H3/b16-10-,17-13-,18-14-,19-11+,20-12+,21-15+. The third-order valence-electron chi connectivity index (χ3n) is 3.36. The van der Waals surface area contributed by atoms with Gasteiger partial charge < -0.3 is 0 Å². The maximum atomic E-state index is 13.2. The van der Waals surface area contributed by atoms with Gasteiger partial charge in [-0.25, -0.2) is 0 Å². The fourth-order valence-electron chi connectivity index (χ4n) is 2.27. The molecule has 1 nitrogen and oxygen atoms in total. The molecule has 0 aliphatic rings. The Balaban J connectivity index is 6.25. The van der Waals surface area contributed by atoms with Crippen molar-refractivity contribution in [1.29, 1.82) is 0 Å². The fraction of sp³-hybridized carbons (Fsp3) is 0.174. The van der Waals surface area contributed by atoms with Gasteiger partial charge in [0.2, 0.25) is 0 Å². The summed E-state index contributed by atoms with van der Waals surface area (Å²) in [6, 6.07) is 0. The van der Waals surface area contributed by atoms with Crippen molar-refractivity contribution in [2.24, 2.45) is 5.92 Å². The molecule has 0 spiro atoms. The number of hydrogen-bond acceptors (Lipinski definition) is 1. The first-order valence-electron chi connectivity index (χ1n) is 8.01. The number of allylic oxidation sites excluding steroid dienone is 15. The molecule has 1 heteroatoms. The van der Waals surface area contributed by atoms with E-state index in [1.165, 1.54) is 0 Å². The normalized spacial score (nSPS) is 15.2. The summed E-state index contributed by atoms with van der Waals surface area (Å²) in [6.45, 7) is 16.9. The molecule has 0 amide bonds. The first-order valence-corrected chi connectivity index (χ1v) is 8.01. The largest absolute Gasteiger partial charge is 0.293 e. The van der Waals surface area contributed by atoms with Crippen LogP contribution in [0, 0.1) is 5.92 Å². The van der Waals surface area contributed by atoms with E-state index < -0.39 is 5.92 Å². The third-order valence-corrected chi connectivity index (χ3v) is 3.36. The van der Waals surface area contributed by atoms with Gasteiger partial charge in [0.25, 0.3) is 0 Å². The van der Waals surface area contributed by atoms with Gasteiger partial charge in [-0.15, -0.1) is 0 Å². The highest BCUT2D eigenvalue weighted by Crippen LogP contribution is 2.27. The molecule has 1 unspecified atom stereocenters. The van der Waals surface area contributed by atoms with Crippen LogP contribution in [0.5, 0.6) is 0 Å². The molecule has 0 saturated heterocycles. The lowest BCUT2D eigenvalue weighted by molar-refractivity contribution is -0.116. The van der Waals surface area contributed by atoms with Gasteiger partial charge in [0.15, 0.2) is 5.78 Å². The molecule has 0 fully saturated rings. The molecule has 0 aliphatic carbocycles. The van der Waals surface area contributed by atoms with Crippen molar-refractivity contribution in [3.05, 3.63) is 109 Å². The summed E-state index contributed by atoms with van der Waals surface area (Å²) < 4.78 is 0. The monoisotopic (exact) mass is 320 g/mol. The molecule has 0 heterocycles. The van der Waals surface area contributed by atoms with E-state index >= 15 is 0 Å². The van der Waals surface area contributed by atoms with E-state index in [-0.39, 0.29) is 5.78 Å². The third kappa shape index (κ3) is 6.62. The van der Waals surface area contributed by atoms with Crippen LogP contribution in [0.15, 0.2) is 109 Å². The van der Waals surface area contributed by atoms with E-state index in [0.717, 1.165) is 11.1 Å². The molecule has 0 N–H and O–H groups in total. The van der Waals surface area contributed by atoms with Crippen LogP contribution in [0.3, 0.4) is 0 Å². The predicted molar refractivity (Wildman–Crippen MR) is 108 cm³/mol. The van der Waals surface area contributed by atoms with E-state index in [2.05, 4.69) is 19.7 Å². The maximum absolute atomic E-state index is 13.2. The van der Waals surface area contributed by atoms with Crippen molar-refractivity contribution in [2.75, 3.05) is 0 Å². The van der Waals surface area contributed by atoms with Gasteiger partial charge in [-0.1, -0.05) is 92.6 Å². The number of carbonyl (C=O) groups excluding carboxylic acids is 1. The zero-order valence-corrected chi connectivity index (χ0v) is 15.0. The second-order valence-corrected chi connectivity index (χ2v) is 4.92. The first-order chi connectivity index (χ1) is 11.6. The lowest BCUT2D eigenvalue weighted by Gasteiger charge is -2.19. The summed E-state index contributed by atoms with van der Waals surface area (Å²) in [4.78, 5) is 13.2. The second kappa shape index (κ2) is 12.8. The number of hydrogen-bond donors (Lipinski definition) is 0. The molecule has 0 bridgehead atoms. The Hall–Kier alpha value is -2.67. The van der Waals surface area contributed by atoms with Gasteiger partial charge in [0, 0.05) is 5.57 Å². The molecule has 0 saturated carbocycles. The van der Waals surface area contributed by atoms with Crippen molar-refractivity contribution < 1.29 is 4.79 Å². The van der Waals surface area contributed by atoms with Crippen LogP contribution in [0.2, 0.25) is 0 Å². The minimum absolute atomic E-state index is 0.0311. The average molecular weight is 320 g/mol. The number of ketones is 1. The average Bonchev–Trinajstić information content (AvgIpc) is 2.59. The van der Waals surface area contributed by atoms with Crippen molar-refractivity contribution in [3.63, 3.8) is 0 Å². The Morgan fingerprint density at radius 1 is 0.792 bits per heavy atom. The molecule has 1 atom stereocenters. The van der Waals surface area contributed by atoms with Crippen LogP contribution in [0.4, 0.5) is 0 Å². The molecule has 24 heavy (non-hydrogen) atoms. The van der Waals surface area contributed by atoms with Crippen molar-refractivity contribution in [2.45, 2.75) is 20.8 Å². The second-order valence-electron chi connectivity index (χ2n) is 4.92. The van der Waals surface area contributed by atoms with E-state index in [9.17, 15) is 4.79 Å². The zero-order valence-electron chi connectivity index (χ0n) is 15.0. The summed E-state index contributed by atoms with van der Waals surface area (Å²) in [5.74, 6) is -0.371. The topological polar surface area (TPSA) is 17.1 Å². The Kier molecular flexibility index (Phi) is 11.4. The Morgan fingerprint density at radius 2 is 1.42 bits per heavy atom. The number of rotatable bonds is 10. The zero-order chi connectivity index (χ0) is 18.4. The van der Waals surface area contributed by atoms with Gasteiger partial charge in [-0.2, -0.15) is 0 Å². The Labute approximate surface area is 147 Å². The number of carbonyl (C=O) groups is 1. The van der Waals surface area contributed by atoms with Crippen LogP contribution in [0.25, 0.3) is 0 Å². The van der Waals surface area contributed by atoms with Crippen LogP contribution in [-0.4, -0.2) is 5.78 Å². The highest BCUT2D eigenvalue weighted by Gasteiger charge is 2.25. The van der Waals surface area contributed by atoms with E-state index in [1.807, 2.05) is 63.3 Å². The van der Waals surface area contributed by atoms with Gasteiger partial charge in [0.05, 0.1) is 5.92 Å². The molecule has 0 radical (unpaired) electrons. The van der Waals surface area contributed by atoms with E-state index in [0.29, 0.717) is 5.57 Å². The Morgan fingerprint density at radius 3 is 1.88 bits per heavy atom. The molecular formula is C23H28O. The SMILES string of the molecule is C=C/C=C\C(=C/C)C(=O)C(C(/C=C\C=C)=C/C)C(/C=C\C)=C/C=C. The van der Waals surface area contributed by atoms with Crippen LogP contribution in [0.1, 0.15) is 20.8 Å². The van der Waals surface area contributed by atoms with Crippen LogP contribution < -0.4 is 0 Å². The van der Waals surface area contributed by atoms with E-state index in [4.69, 9.17) is 0 Å². The lowest BCUT2D eigenvalue weighted by atomic mass is 9.82. The molecule has 126 valence electrons. The smallest absolute Gasteiger partial charge is 0.174 e. The van der Waals surface area contributed by atoms with Crippen LogP contribution >= 0.6 is 0 Å². The highest BCUT2D eigenvalue weighted by molar-refractivity contribution is 6.03. The summed E-state index contributed by atoms with van der Waals surface area (Å²) in [7, 11) is 0. The Bertz CT molecular complexity index is 631. The maximum Gasteiger partial charge on any atom is 0.174 e. The van der Waals surface area contributed by atoms with Gasteiger partial charge in [0.1, 0.15) is 0 Å². The minimum atomic E-state index is -0.402. The van der Waals surface area contributed by atoms with Gasteiger partial charge in [-0.3, -0.25) is 4.79 Å². The summed E-state index contributed by atoms with van der Waals surface area (Å²) in [6.07, 6.45) is 21.9. The molecule has 0 aromatic heterocycles. The number of Topliss-reactive ketones (excluding diaryl/α,β-unsaturated/α-hetero) is 1. The molecular weight excluding hydrogens is 292 g/mol. The molecule has 0 rings (SSSR count). The molecule has 0 aromatic rings. The fourth-order valence-corrected chi connectivity index (χ4v) is 2.27. The summed E-state index contributed by atoms with van der Waals surface area (Å²) in [5, 5.41) is 0. The van der Waals surface area contributed by atoms with Crippen molar-refractivity contribution in [3.8, 4) is 0 Å². The lowest BCUT2D eigenvalue weighted by Crippen LogP contribution is -2.19. The van der Waals surface area contributed by atoms with Crippen molar-refractivity contribution in [1.82, 2.24) is 0 Å². The summed E-state index contributed by atoms with van der Waals surface area (Å²) in [5.41, 5.74) is 2.45. The first kappa shape index (κ1) is 21.3. The minimum Gasteiger partial charge on any atom is -0.293 e. The molecule has 0 aromatic carbocycles. The summed E-state index contributed by atoms with van der Waals surface area (Å²) >= 11 is 0. The quantitative estimate of drug-likeness (QED) is 0.344. The van der Waals surface area contributed by atoms with Gasteiger partial charge >= 0.3 is 0 Å². The highest BCUT2D eigenvalue weighted by atomic mass is 16.1. The van der Waals surface area contributed by atoms with Gasteiger partial charge in [-0.05, 0) is 31.9 Å². The van der Waals surface area contributed by atoms with Crippen molar-refractivity contribution >= 4 is 5.78 Å². The molecule has 0 aliphatic heterocycles. The van der Waals surface area contributed by atoms with Crippen LogP contribution in [-0.2, 0) is 4.79 Å². The predicted octanol–water partition coefficient (Wildman–Crippen LogP) is 6.24.